The molecule has 0 radical (unpaired) electrons. The predicted molar refractivity (Wildman–Crippen MR) is 70.8 cm³/mol. The molecule has 0 saturated heterocycles. The maximum absolute atomic E-state index is 12.0. The van der Waals surface area contributed by atoms with Gasteiger partial charge in [-0.1, -0.05) is 19.1 Å². The summed E-state index contributed by atoms with van der Waals surface area (Å²) >= 11 is 0. The number of hydrogen-bond donors (Lipinski definition) is 0. The molecule has 0 amide bonds. The van der Waals surface area contributed by atoms with E-state index in [-0.39, 0.29) is 5.54 Å². The highest BCUT2D eigenvalue weighted by Crippen LogP contribution is 2.18. The number of ether oxygens (including phenoxy) is 1. The smallest absolute Gasteiger partial charge is 0.186 e. The first kappa shape index (κ1) is 13.6. The third kappa shape index (κ3) is 3.48. The average Bonchev–Trinajstić information content (AvgIpc) is 2.32. The van der Waals surface area contributed by atoms with Gasteiger partial charge in [0.05, 0.1) is 12.2 Å². The first-order valence-corrected chi connectivity index (χ1v) is 6.04. The standard InChI is InChI=1S/C14H21NO2/c1-5-14(3,4)15(16)11-12-9-7-8-10-13(12)17-6-2/h7-11H,5-6H2,1-4H3/b15-11-. The van der Waals surface area contributed by atoms with Crippen molar-refractivity contribution in [1.29, 1.82) is 0 Å². The van der Waals surface area contributed by atoms with Crippen LogP contribution in [0.4, 0.5) is 0 Å². The molecule has 1 rings (SSSR count). The summed E-state index contributed by atoms with van der Waals surface area (Å²) < 4.78 is 6.49. The van der Waals surface area contributed by atoms with Gasteiger partial charge in [-0.15, -0.1) is 0 Å². The first-order chi connectivity index (χ1) is 8.01. The molecule has 3 heteroatoms. The lowest BCUT2D eigenvalue weighted by Crippen LogP contribution is -2.32. The van der Waals surface area contributed by atoms with Crippen molar-refractivity contribution >= 4 is 6.21 Å². The third-order valence-electron chi connectivity index (χ3n) is 2.94. The fraction of sp³-hybridized carbons (Fsp3) is 0.500. The number of hydrogen-bond acceptors (Lipinski definition) is 2. The van der Waals surface area contributed by atoms with Gasteiger partial charge in [0.1, 0.15) is 5.75 Å². The van der Waals surface area contributed by atoms with Crippen LogP contribution in [0.5, 0.6) is 5.75 Å². The largest absolute Gasteiger partial charge is 0.623 e. The van der Waals surface area contributed by atoms with Crippen molar-refractivity contribution in [2.45, 2.75) is 39.7 Å². The molecule has 0 aromatic heterocycles. The second-order valence-corrected chi connectivity index (χ2v) is 4.59. The molecule has 1 aromatic rings. The van der Waals surface area contributed by atoms with Gasteiger partial charge < -0.3 is 9.94 Å². The number of rotatable bonds is 5. The molecule has 0 unspecified atom stereocenters. The third-order valence-corrected chi connectivity index (χ3v) is 2.94. The average molecular weight is 235 g/mol. The normalized spacial score (nSPS) is 12.6. The molecule has 0 aliphatic heterocycles. The van der Waals surface area contributed by atoms with Crippen molar-refractivity contribution in [2.75, 3.05) is 6.61 Å². The molecule has 0 N–H and O–H groups in total. The van der Waals surface area contributed by atoms with Crippen molar-refractivity contribution in [3.05, 3.63) is 35.0 Å². The van der Waals surface area contributed by atoms with E-state index in [0.29, 0.717) is 6.61 Å². The summed E-state index contributed by atoms with van der Waals surface area (Å²) in [5.41, 5.74) is 0.435. The number of nitrogens with zero attached hydrogens (tertiary/aromatic N) is 1. The lowest BCUT2D eigenvalue weighted by Gasteiger charge is -2.22. The maximum Gasteiger partial charge on any atom is 0.186 e. The molecule has 0 heterocycles. The summed E-state index contributed by atoms with van der Waals surface area (Å²) in [6.45, 7) is 8.40. The predicted octanol–water partition coefficient (Wildman–Crippen LogP) is 3.20. The number of hydroxylamine groups is 1. The Hall–Kier alpha value is -1.51. The topological polar surface area (TPSA) is 35.3 Å². The van der Waals surface area contributed by atoms with Crippen molar-refractivity contribution in [3.63, 3.8) is 0 Å². The molecular formula is C14H21NO2. The van der Waals surface area contributed by atoms with E-state index in [9.17, 15) is 5.21 Å². The molecular weight excluding hydrogens is 214 g/mol. The molecule has 0 aliphatic rings. The van der Waals surface area contributed by atoms with Crippen LogP contribution in [0.1, 0.15) is 39.7 Å². The number of para-hydroxylation sites is 1. The van der Waals surface area contributed by atoms with Gasteiger partial charge in [-0.05, 0) is 19.1 Å². The van der Waals surface area contributed by atoms with Gasteiger partial charge in [0.2, 0.25) is 0 Å². The fourth-order valence-corrected chi connectivity index (χ4v) is 1.33. The van der Waals surface area contributed by atoms with Crippen LogP contribution in [0.2, 0.25) is 0 Å². The van der Waals surface area contributed by atoms with Crippen LogP contribution in [-0.2, 0) is 0 Å². The molecule has 0 saturated carbocycles. The minimum absolute atomic E-state index is 0.390. The summed E-state index contributed by atoms with van der Waals surface area (Å²) in [5.74, 6) is 0.753. The molecule has 94 valence electrons. The molecule has 3 nitrogen and oxygen atoms in total. The summed E-state index contributed by atoms with van der Waals surface area (Å²) in [6, 6.07) is 7.58. The van der Waals surface area contributed by atoms with Crippen molar-refractivity contribution in [3.8, 4) is 5.75 Å². The van der Waals surface area contributed by atoms with Crippen LogP contribution >= 0.6 is 0 Å². The van der Waals surface area contributed by atoms with E-state index in [4.69, 9.17) is 4.74 Å². The maximum atomic E-state index is 12.0. The zero-order valence-corrected chi connectivity index (χ0v) is 11.1. The van der Waals surface area contributed by atoms with Gasteiger partial charge >= 0.3 is 0 Å². The monoisotopic (exact) mass is 235 g/mol. The summed E-state index contributed by atoms with van der Waals surface area (Å²) in [6.07, 6.45) is 2.40. The lowest BCUT2D eigenvalue weighted by atomic mass is 10.0. The highest BCUT2D eigenvalue weighted by molar-refractivity contribution is 5.80. The van der Waals surface area contributed by atoms with Crippen molar-refractivity contribution < 1.29 is 9.48 Å². The highest BCUT2D eigenvalue weighted by Gasteiger charge is 2.23. The van der Waals surface area contributed by atoms with Crippen molar-refractivity contribution in [2.24, 2.45) is 0 Å². The molecule has 17 heavy (non-hydrogen) atoms. The first-order valence-electron chi connectivity index (χ1n) is 6.04. The van der Waals surface area contributed by atoms with E-state index in [0.717, 1.165) is 22.5 Å². The summed E-state index contributed by atoms with van der Waals surface area (Å²) in [4.78, 5) is 0. The Balaban J connectivity index is 3.05. The summed E-state index contributed by atoms with van der Waals surface area (Å²) in [5, 5.41) is 12.0. The highest BCUT2D eigenvalue weighted by atomic mass is 16.5. The van der Waals surface area contributed by atoms with Gasteiger partial charge in [0.15, 0.2) is 11.8 Å². The molecule has 1 aromatic carbocycles. The van der Waals surface area contributed by atoms with Gasteiger partial charge in [0, 0.05) is 20.3 Å². The zero-order valence-electron chi connectivity index (χ0n) is 11.1. The van der Waals surface area contributed by atoms with Crippen LogP contribution < -0.4 is 4.74 Å². The van der Waals surface area contributed by atoms with Crippen LogP contribution in [-0.4, -0.2) is 23.1 Å². The second-order valence-electron chi connectivity index (χ2n) is 4.59. The fourth-order valence-electron chi connectivity index (χ4n) is 1.33. The van der Waals surface area contributed by atoms with E-state index in [1.807, 2.05) is 52.0 Å². The van der Waals surface area contributed by atoms with Crippen LogP contribution in [0, 0.1) is 5.21 Å². The van der Waals surface area contributed by atoms with E-state index in [1.54, 1.807) is 6.21 Å². The van der Waals surface area contributed by atoms with Crippen LogP contribution in [0.15, 0.2) is 24.3 Å². The van der Waals surface area contributed by atoms with E-state index in [1.165, 1.54) is 0 Å². The molecule has 0 spiro atoms. The number of benzene rings is 1. The Labute approximate surface area is 103 Å². The Bertz CT molecular complexity index is 397. The van der Waals surface area contributed by atoms with Gasteiger partial charge in [0.25, 0.3) is 0 Å². The Morgan fingerprint density at radius 2 is 1.94 bits per heavy atom. The zero-order chi connectivity index (χ0) is 12.9. The van der Waals surface area contributed by atoms with Gasteiger partial charge in [-0.3, -0.25) is 0 Å². The van der Waals surface area contributed by atoms with E-state index < -0.39 is 0 Å². The SMILES string of the molecule is CCOc1ccccc1/C=[N+](\[O-])C(C)(C)CC. The molecule has 0 bridgehead atoms. The Kier molecular flexibility index (Phi) is 4.55. The molecule has 0 atom stereocenters. The molecule has 0 fully saturated rings. The quantitative estimate of drug-likeness (QED) is 0.340. The Morgan fingerprint density at radius 3 is 2.53 bits per heavy atom. The van der Waals surface area contributed by atoms with Gasteiger partial charge in [-0.25, -0.2) is 4.74 Å². The van der Waals surface area contributed by atoms with Crippen molar-refractivity contribution in [1.82, 2.24) is 0 Å². The second kappa shape index (κ2) is 5.71. The Morgan fingerprint density at radius 1 is 1.29 bits per heavy atom. The summed E-state index contributed by atoms with van der Waals surface area (Å²) in [7, 11) is 0. The van der Waals surface area contributed by atoms with Crippen LogP contribution in [0.25, 0.3) is 0 Å². The van der Waals surface area contributed by atoms with Crippen LogP contribution in [0.3, 0.4) is 0 Å². The minimum atomic E-state index is -0.390. The van der Waals surface area contributed by atoms with E-state index >= 15 is 0 Å². The molecule has 0 aliphatic carbocycles. The van der Waals surface area contributed by atoms with E-state index in [2.05, 4.69) is 0 Å². The minimum Gasteiger partial charge on any atom is -0.623 e. The van der Waals surface area contributed by atoms with Gasteiger partial charge in [-0.2, -0.15) is 0 Å². The lowest BCUT2D eigenvalue weighted by molar-refractivity contribution is -0.536.